The second kappa shape index (κ2) is 8.17. The number of hydrogen-bond donors (Lipinski definition) is 2. The molecule has 1 saturated heterocycles. The first kappa shape index (κ1) is 20.7. The summed E-state index contributed by atoms with van der Waals surface area (Å²) in [6, 6.07) is 8.93. The van der Waals surface area contributed by atoms with Crippen LogP contribution in [-0.4, -0.2) is 46.5 Å². The predicted octanol–water partition coefficient (Wildman–Crippen LogP) is 3.04. The van der Waals surface area contributed by atoms with E-state index in [4.69, 9.17) is 15.5 Å². The Morgan fingerprint density at radius 1 is 1.12 bits per heavy atom. The summed E-state index contributed by atoms with van der Waals surface area (Å²) in [5, 5.41) is 2.85. The highest BCUT2D eigenvalue weighted by Gasteiger charge is 2.54. The minimum atomic E-state index is -0.107. The molecule has 8 nitrogen and oxygen atoms in total. The van der Waals surface area contributed by atoms with Gasteiger partial charge in [-0.25, -0.2) is 0 Å². The lowest BCUT2D eigenvalue weighted by Crippen LogP contribution is -2.39. The molecule has 6 rings (SSSR count). The Balaban J connectivity index is 1.21. The number of carbonyl (C=O) groups is 1. The van der Waals surface area contributed by atoms with Crippen LogP contribution in [0.15, 0.2) is 24.3 Å². The van der Waals surface area contributed by atoms with Crippen LogP contribution in [0.25, 0.3) is 0 Å². The van der Waals surface area contributed by atoms with E-state index in [1.165, 1.54) is 31.5 Å². The van der Waals surface area contributed by atoms with Crippen molar-refractivity contribution in [1.29, 1.82) is 0 Å². The number of fused-ring (bicyclic) bond motifs is 2. The van der Waals surface area contributed by atoms with Crippen LogP contribution in [0.2, 0.25) is 0 Å². The number of carbonyl (C=O) groups excluding carboxylic acids is 1. The Kier molecular flexibility index (Phi) is 5.13. The summed E-state index contributed by atoms with van der Waals surface area (Å²) in [6.45, 7) is 6.44. The van der Waals surface area contributed by atoms with Gasteiger partial charge in [0.1, 0.15) is 11.8 Å². The monoisotopic (exact) mass is 448 g/mol. The molecule has 2 aromatic rings. The summed E-state index contributed by atoms with van der Waals surface area (Å²) in [5.41, 5.74) is 9.16. The average molecular weight is 449 g/mol. The van der Waals surface area contributed by atoms with Crippen molar-refractivity contribution in [3.63, 3.8) is 0 Å². The van der Waals surface area contributed by atoms with Crippen molar-refractivity contribution in [2.45, 2.75) is 51.8 Å². The zero-order chi connectivity index (χ0) is 22.5. The summed E-state index contributed by atoms with van der Waals surface area (Å²) in [6.07, 6.45) is 4.85. The number of nitrogens with two attached hydrogens (primary N) is 1. The van der Waals surface area contributed by atoms with Crippen LogP contribution in [0.5, 0.6) is 6.01 Å². The second-order valence-corrected chi connectivity index (χ2v) is 10.2. The Labute approximate surface area is 194 Å². The summed E-state index contributed by atoms with van der Waals surface area (Å²) < 4.78 is 6.14. The average Bonchev–Trinajstić information content (AvgIpc) is 3.19. The molecule has 1 aromatic heterocycles. The Bertz CT molecular complexity index is 1060. The molecule has 0 spiro atoms. The fraction of sp³-hybridized carbons (Fsp3) is 0.560. The Morgan fingerprint density at radius 3 is 2.61 bits per heavy atom. The molecule has 2 aliphatic carbocycles. The number of aromatic nitrogens is 2. The molecule has 8 heteroatoms. The molecule has 33 heavy (non-hydrogen) atoms. The first-order valence-electron chi connectivity index (χ1n) is 12.2. The molecule has 2 unspecified atom stereocenters. The number of likely N-dealkylation sites (tertiary alicyclic amines) is 1. The predicted molar refractivity (Wildman–Crippen MR) is 127 cm³/mol. The summed E-state index contributed by atoms with van der Waals surface area (Å²) in [7, 11) is 0. The second-order valence-electron chi connectivity index (χ2n) is 10.2. The zero-order valence-electron chi connectivity index (χ0n) is 19.2. The van der Waals surface area contributed by atoms with Gasteiger partial charge in [-0.3, -0.25) is 9.69 Å². The van der Waals surface area contributed by atoms with E-state index in [2.05, 4.69) is 46.4 Å². The zero-order valence-corrected chi connectivity index (χ0v) is 19.2. The third-order valence-corrected chi connectivity index (χ3v) is 7.87. The topological polar surface area (TPSA) is 96.6 Å². The van der Waals surface area contributed by atoms with Gasteiger partial charge in [-0.1, -0.05) is 31.2 Å². The molecule has 4 aliphatic rings. The molecule has 2 aliphatic heterocycles. The Morgan fingerprint density at radius 2 is 1.85 bits per heavy atom. The molecule has 0 radical (unpaired) electrons. The fourth-order valence-electron chi connectivity index (χ4n) is 6.01. The molecule has 3 N–H and O–H groups in total. The lowest BCUT2D eigenvalue weighted by atomic mass is 10.1. The molecule has 1 aromatic carbocycles. The number of anilines is 3. The molecule has 4 atom stereocenters. The van der Waals surface area contributed by atoms with Crippen LogP contribution < -0.4 is 20.7 Å². The number of nitrogen functional groups attached to an aromatic ring is 1. The van der Waals surface area contributed by atoms with Crippen molar-refractivity contribution in [1.82, 2.24) is 14.9 Å². The van der Waals surface area contributed by atoms with Gasteiger partial charge in [0.2, 0.25) is 5.91 Å². The normalized spacial score (nSPS) is 28.4. The minimum absolute atomic E-state index is 0.107. The number of rotatable bonds is 6. The highest BCUT2D eigenvalue weighted by Crippen LogP contribution is 2.57. The lowest BCUT2D eigenvalue weighted by molar-refractivity contribution is -0.115. The van der Waals surface area contributed by atoms with E-state index in [0.29, 0.717) is 24.1 Å². The van der Waals surface area contributed by atoms with Gasteiger partial charge >= 0.3 is 6.01 Å². The number of nitrogens with zero attached hydrogens (tertiary/aromatic N) is 4. The fourth-order valence-corrected chi connectivity index (χ4v) is 6.01. The molecule has 0 bridgehead atoms. The number of ether oxygens (including phenoxy) is 1. The number of benzene rings is 1. The van der Waals surface area contributed by atoms with E-state index in [0.717, 1.165) is 42.7 Å². The van der Waals surface area contributed by atoms with E-state index < -0.39 is 0 Å². The number of amides is 1. The molecule has 2 saturated carbocycles. The maximum absolute atomic E-state index is 12.4. The van der Waals surface area contributed by atoms with Crippen molar-refractivity contribution in [3.8, 4) is 6.01 Å². The van der Waals surface area contributed by atoms with E-state index in [1.807, 2.05) is 4.90 Å². The maximum atomic E-state index is 12.4. The van der Waals surface area contributed by atoms with Crippen LogP contribution in [0, 0.1) is 17.8 Å². The lowest BCUT2D eigenvalue weighted by Gasteiger charge is -2.30. The molecular weight excluding hydrogens is 416 g/mol. The first-order chi connectivity index (χ1) is 16.0. The van der Waals surface area contributed by atoms with Crippen molar-refractivity contribution < 1.29 is 9.53 Å². The minimum Gasteiger partial charge on any atom is -0.460 e. The van der Waals surface area contributed by atoms with Crippen molar-refractivity contribution in [2.24, 2.45) is 17.8 Å². The van der Waals surface area contributed by atoms with Crippen LogP contribution in [0.3, 0.4) is 0 Å². The van der Waals surface area contributed by atoms with Crippen molar-refractivity contribution in [3.05, 3.63) is 35.4 Å². The smallest absolute Gasteiger partial charge is 0.320 e. The largest absolute Gasteiger partial charge is 0.460 e. The number of hydrogen-bond acceptors (Lipinski definition) is 7. The quantitative estimate of drug-likeness (QED) is 0.701. The van der Waals surface area contributed by atoms with E-state index in [9.17, 15) is 4.79 Å². The van der Waals surface area contributed by atoms with Gasteiger partial charge in [0.05, 0.1) is 6.54 Å². The highest BCUT2D eigenvalue weighted by atomic mass is 16.5. The van der Waals surface area contributed by atoms with Crippen LogP contribution in [-0.2, 0) is 17.9 Å². The van der Waals surface area contributed by atoms with Gasteiger partial charge in [0.25, 0.3) is 0 Å². The van der Waals surface area contributed by atoms with Gasteiger partial charge in [0.15, 0.2) is 11.6 Å². The van der Waals surface area contributed by atoms with Crippen LogP contribution >= 0.6 is 0 Å². The van der Waals surface area contributed by atoms with E-state index in [-0.39, 0.29) is 24.4 Å². The van der Waals surface area contributed by atoms with E-state index in [1.54, 1.807) is 0 Å². The third kappa shape index (κ3) is 4.12. The molecule has 174 valence electrons. The standard InChI is InChI=1S/C25H32N6O2/c1-15-19-10-18(11-20(15)19)33-25-28-23(26)22-24(29-25)31(14-21(32)27-22)13-17-6-4-5-16(9-17)12-30-7-2-3-8-30/h4-6,9,15,18-20H,2-3,7-8,10-14H2,1H3,(H,27,32)(H2,26,28,29)/t15?,18?,19-,20+. The third-order valence-electron chi connectivity index (χ3n) is 7.87. The summed E-state index contributed by atoms with van der Waals surface area (Å²) >= 11 is 0. The molecule has 3 heterocycles. The maximum Gasteiger partial charge on any atom is 0.320 e. The summed E-state index contributed by atoms with van der Waals surface area (Å²) in [4.78, 5) is 25.9. The van der Waals surface area contributed by atoms with Crippen molar-refractivity contribution in [2.75, 3.05) is 35.6 Å². The molecular formula is C25H32N6O2. The van der Waals surface area contributed by atoms with E-state index >= 15 is 0 Å². The molecule has 1 amide bonds. The number of nitrogens with one attached hydrogen (secondary N) is 1. The van der Waals surface area contributed by atoms with Crippen LogP contribution in [0.4, 0.5) is 17.3 Å². The van der Waals surface area contributed by atoms with Gasteiger partial charge < -0.3 is 20.7 Å². The highest BCUT2D eigenvalue weighted by molar-refractivity contribution is 6.03. The summed E-state index contributed by atoms with van der Waals surface area (Å²) in [5.74, 6) is 3.18. The van der Waals surface area contributed by atoms with Crippen molar-refractivity contribution >= 4 is 23.2 Å². The van der Waals surface area contributed by atoms with Gasteiger partial charge in [-0.05, 0) is 67.7 Å². The Hall–Kier alpha value is -2.87. The first-order valence-corrected chi connectivity index (χ1v) is 12.2. The molecule has 3 fully saturated rings. The van der Waals surface area contributed by atoms with Gasteiger partial charge in [0, 0.05) is 13.1 Å². The van der Waals surface area contributed by atoms with Gasteiger partial charge in [-0.15, -0.1) is 0 Å². The van der Waals surface area contributed by atoms with Gasteiger partial charge in [-0.2, -0.15) is 9.97 Å². The van der Waals surface area contributed by atoms with Crippen LogP contribution in [0.1, 0.15) is 43.7 Å². The SMILES string of the molecule is CC1[C@H]2CC(Oc3nc(N)c4c(n3)N(Cc3cccc(CN5CCCC5)c3)CC(=O)N4)C[C@@H]12.